The summed E-state index contributed by atoms with van der Waals surface area (Å²) >= 11 is 0. The fourth-order valence-electron chi connectivity index (χ4n) is 2.34. The lowest BCUT2D eigenvalue weighted by atomic mass is 9.92. The lowest BCUT2D eigenvalue weighted by Crippen LogP contribution is -2.04. The van der Waals surface area contributed by atoms with Crippen molar-refractivity contribution < 1.29 is 15.0 Å². The van der Waals surface area contributed by atoms with Gasteiger partial charge in [0, 0.05) is 5.39 Å². The largest absolute Gasteiger partial charge is 0.506 e. The van der Waals surface area contributed by atoms with E-state index in [1.165, 1.54) is 0 Å². The Balaban J connectivity index is 2.99. The lowest BCUT2D eigenvalue weighted by molar-refractivity contribution is 0.0693. The summed E-state index contributed by atoms with van der Waals surface area (Å²) in [6.07, 6.45) is 0.743. The minimum Gasteiger partial charge on any atom is -0.506 e. The maximum absolute atomic E-state index is 11.2. The van der Waals surface area contributed by atoms with E-state index >= 15 is 0 Å². The van der Waals surface area contributed by atoms with Gasteiger partial charge in [-0.1, -0.05) is 31.2 Å². The fourth-order valence-corrected chi connectivity index (χ4v) is 2.34. The van der Waals surface area contributed by atoms with E-state index in [1.807, 2.05) is 19.1 Å². The van der Waals surface area contributed by atoms with Crippen molar-refractivity contribution in [3.05, 3.63) is 41.0 Å². The Bertz CT molecular complexity index is 600. The highest BCUT2D eigenvalue weighted by atomic mass is 16.4. The molecule has 0 aromatic heterocycles. The average Bonchev–Trinajstić information content (AvgIpc) is 2.29. The van der Waals surface area contributed by atoms with Crippen LogP contribution in [0.1, 0.15) is 28.4 Å². The molecule has 3 heteroatoms. The highest BCUT2D eigenvalue weighted by molar-refractivity contribution is 6.03. The second-order valence-corrected chi connectivity index (χ2v) is 4.03. The molecular weight excluding hydrogens is 216 g/mol. The van der Waals surface area contributed by atoms with Crippen LogP contribution in [-0.2, 0) is 6.42 Å². The van der Waals surface area contributed by atoms with E-state index in [-0.39, 0.29) is 11.3 Å². The second-order valence-electron chi connectivity index (χ2n) is 4.03. The van der Waals surface area contributed by atoms with Gasteiger partial charge in [0.15, 0.2) is 0 Å². The van der Waals surface area contributed by atoms with E-state index in [0.717, 1.165) is 17.4 Å². The summed E-state index contributed by atoms with van der Waals surface area (Å²) in [6.45, 7) is 3.73. The molecule has 0 atom stereocenters. The first kappa shape index (κ1) is 11.5. The number of hydrogen-bond donors (Lipinski definition) is 2. The van der Waals surface area contributed by atoms with Crippen molar-refractivity contribution in [2.24, 2.45) is 0 Å². The molecule has 0 amide bonds. The first-order valence-electron chi connectivity index (χ1n) is 5.54. The Kier molecular flexibility index (Phi) is 2.76. The SMILES string of the molecule is CCc1c(C)c(C(=O)O)c(O)c2ccccc12. The third-order valence-corrected chi connectivity index (χ3v) is 3.14. The smallest absolute Gasteiger partial charge is 0.339 e. The Labute approximate surface area is 99.3 Å². The van der Waals surface area contributed by atoms with Crippen LogP contribution < -0.4 is 0 Å². The van der Waals surface area contributed by atoms with Crippen LogP contribution >= 0.6 is 0 Å². The van der Waals surface area contributed by atoms with Gasteiger partial charge >= 0.3 is 5.97 Å². The molecule has 0 aliphatic heterocycles. The van der Waals surface area contributed by atoms with Gasteiger partial charge < -0.3 is 10.2 Å². The number of carbonyl (C=O) groups is 1. The number of aromatic hydroxyl groups is 1. The van der Waals surface area contributed by atoms with Gasteiger partial charge in [-0.2, -0.15) is 0 Å². The van der Waals surface area contributed by atoms with Crippen LogP contribution in [0.25, 0.3) is 10.8 Å². The fraction of sp³-hybridized carbons (Fsp3) is 0.214. The molecule has 0 radical (unpaired) electrons. The van der Waals surface area contributed by atoms with E-state index in [9.17, 15) is 9.90 Å². The quantitative estimate of drug-likeness (QED) is 0.833. The third kappa shape index (κ3) is 1.64. The molecule has 2 rings (SSSR count). The standard InChI is InChI=1S/C14H14O3/c1-3-9-8(2)12(14(16)17)13(15)11-7-5-4-6-10(9)11/h4-7,15H,3H2,1-2H3,(H,16,17). The Morgan fingerprint density at radius 1 is 1.24 bits per heavy atom. The predicted octanol–water partition coefficient (Wildman–Crippen LogP) is 3.11. The summed E-state index contributed by atoms with van der Waals surface area (Å²) in [5.41, 5.74) is 1.65. The molecule has 3 nitrogen and oxygen atoms in total. The molecule has 0 unspecified atom stereocenters. The van der Waals surface area contributed by atoms with Crippen LogP contribution in [0.2, 0.25) is 0 Å². The van der Waals surface area contributed by atoms with Crippen LogP contribution in [0.5, 0.6) is 5.75 Å². The Morgan fingerprint density at radius 3 is 2.35 bits per heavy atom. The summed E-state index contributed by atoms with van der Waals surface area (Å²) < 4.78 is 0. The number of carboxylic acid groups (broad SMARTS) is 1. The predicted molar refractivity (Wildman–Crippen MR) is 66.7 cm³/mol. The van der Waals surface area contributed by atoms with Gasteiger partial charge in [0.2, 0.25) is 0 Å². The zero-order chi connectivity index (χ0) is 12.6. The van der Waals surface area contributed by atoms with Gasteiger partial charge in [0.05, 0.1) is 0 Å². The van der Waals surface area contributed by atoms with Gasteiger partial charge in [-0.15, -0.1) is 0 Å². The number of phenols is 1. The molecule has 0 aliphatic carbocycles. The number of benzene rings is 2. The molecule has 0 spiro atoms. The van der Waals surface area contributed by atoms with E-state index < -0.39 is 5.97 Å². The molecule has 17 heavy (non-hydrogen) atoms. The summed E-state index contributed by atoms with van der Waals surface area (Å²) in [5, 5.41) is 20.7. The van der Waals surface area contributed by atoms with Crippen LogP contribution in [0, 0.1) is 6.92 Å². The van der Waals surface area contributed by atoms with E-state index in [1.54, 1.807) is 19.1 Å². The highest BCUT2D eigenvalue weighted by Crippen LogP contribution is 2.35. The number of aromatic carboxylic acids is 1. The van der Waals surface area contributed by atoms with Crippen LogP contribution in [-0.4, -0.2) is 16.2 Å². The number of carboxylic acids is 1. The number of hydrogen-bond acceptors (Lipinski definition) is 2. The van der Waals surface area contributed by atoms with Crippen molar-refractivity contribution in [2.75, 3.05) is 0 Å². The zero-order valence-corrected chi connectivity index (χ0v) is 9.82. The monoisotopic (exact) mass is 230 g/mol. The molecule has 0 aliphatic rings. The molecule has 0 fully saturated rings. The van der Waals surface area contributed by atoms with Crippen molar-refractivity contribution in [1.29, 1.82) is 0 Å². The van der Waals surface area contributed by atoms with Gasteiger partial charge in [-0.3, -0.25) is 0 Å². The first-order chi connectivity index (χ1) is 8.07. The number of fused-ring (bicyclic) bond motifs is 1. The van der Waals surface area contributed by atoms with Gasteiger partial charge in [0.1, 0.15) is 11.3 Å². The van der Waals surface area contributed by atoms with Gasteiger partial charge in [-0.25, -0.2) is 4.79 Å². The van der Waals surface area contributed by atoms with Crippen LogP contribution in [0.4, 0.5) is 0 Å². The zero-order valence-electron chi connectivity index (χ0n) is 9.82. The van der Waals surface area contributed by atoms with Crippen molar-refractivity contribution >= 4 is 16.7 Å². The molecule has 2 N–H and O–H groups in total. The summed E-state index contributed by atoms with van der Waals surface area (Å²) in [7, 11) is 0. The normalized spacial score (nSPS) is 10.7. The maximum Gasteiger partial charge on any atom is 0.339 e. The van der Waals surface area contributed by atoms with Crippen molar-refractivity contribution in [3.8, 4) is 5.75 Å². The Hall–Kier alpha value is -2.03. The van der Waals surface area contributed by atoms with E-state index in [0.29, 0.717) is 10.9 Å². The maximum atomic E-state index is 11.2. The van der Waals surface area contributed by atoms with Crippen molar-refractivity contribution in [1.82, 2.24) is 0 Å². The molecule has 88 valence electrons. The molecule has 2 aromatic rings. The van der Waals surface area contributed by atoms with Crippen molar-refractivity contribution in [2.45, 2.75) is 20.3 Å². The minimum absolute atomic E-state index is 0.0144. The lowest BCUT2D eigenvalue weighted by Gasteiger charge is -2.14. The molecule has 2 aromatic carbocycles. The van der Waals surface area contributed by atoms with Gasteiger partial charge in [0.25, 0.3) is 0 Å². The number of rotatable bonds is 2. The average molecular weight is 230 g/mol. The second kappa shape index (κ2) is 4.09. The van der Waals surface area contributed by atoms with E-state index in [2.05, 4.69) is 0 Å². The first-order valence-corrected chi connectivity index (χ1v) is 5.54. The molecule has 0 saturated heterocycles. The third-order valence-electron chi connectivity index (χ3n) is 3.14. The summed E-state index contributed by atoms with van der Waals surface area (Å²) in [5.74, 6) is -1.22. The Morgan fingerprint density at radius 2 is 1.82 bits per heavy atom. The van der Waals surface area contributed by atoms with E-state index in [4.69, 9.17) is 5.11 Å². The minimum atomic E-state index is -1.08. The van der Waals surface area contributed by atoms with Crippen LogP contribution in [0.15, 0.2) is 24.3 Å². The number of aryl methyl sites for hydroxylation is 1. The van der Waals surface area contributed by atoms with Crippen LogP contribution in [0.3, 0.4) is 0 Å². The molecular formula is C14H14O3. The molecule has 0 heterocycles. The highest BCUT2D eigenvalue weighted by Gasteiger charge is 2.19. The molecule has 0 saturated carbocycles. The van der Waals surface area contributed by atoms with Crippen molar-refractivity contribution in [3.63, 3.8) is 0 Å². The summed E-state index contributed by atoms with van der Waals surface area (Å²) in [6, 6.07) is 7.34. The molecule has 0 bridgehead atoms. The topological polar surface area (TPSA) is 57.5 Å². The summed E-state index contributed by atoms with van der Waals surface area (Å²) in [4.78, 5) is 11.2. The van der Waals surface area contributed by atoms with Gasteiger partial charge in [-0.05, 0) is 29.9 Å².